The lowest BCUT2D eigenvalue weighted by molar-refractivity contribution is 0.254. The SMILES string of the molecule is CC1(C)c2ccc(o2)C2(CCCC2)c2ccc(o2)C(C)(C)c2ccc(o2)C2(CCCC2)c2ccc1o2. The van der Waals surface area contributed by atoms with Gasteiger partial charge in [-0.15, -0.1) is 0 Å². The number of fused-ring (bicyclic) bond motifs is 12. The minimum absolute atomic E-state index is 0.226. The van der Waals surface area contributed by atoms with Crippen molar-refractivity contribution in [3.63, 3.8) is 0 Å². The Bertz CT molecular complexity index is 1200. The van der Waals surface area contributed by atoms with E-state index in [4.69, 9.17) is 17.7 Å². The Balaban J connectivity index is 1.47. The van der Waals surface area contributed by atoms with Crippen molar-refractivity contribution >= 4 is 0 Å². The van der Waals surface area contributed by atoms with Crippen LogP contribution in [0.2, 0.25) is 0 Å². The van der Waals surface area contributed by atoms with Crippen molar-refractivity contribution < 1.29 is 17.7 Å². The van der Waals surface area contributed by atoms with Crippen molar-refractivity contribution in [2.24, 2.45) is 0 Å². The third-order valence-corrected chi connectivity index (χ3v) is 9.69. The van der Waals surface area contributed by atoms with E-state index in [9.17, 15) is 0 Å². The van der Waals surface area contributed by atoms with Crippen LogP contribution in [0.3, 0.4) is 0 Å². The molecule has 0 radical (unpaired) electrons. The molecule has 2 spiro atoms. The van der Waals surface area contributed by atoms with Gasteiger partial charge in [0.2, 0.25) is 0 Å². The third kappa shape index (κ3) is 2.87. The zero-order valence-corrected chi connectivity index (χ0v) is 21.9. The van der Waals surface area contributed by atoms with Gasteiger partial charge >= 0.3 is 0 Å². The van der Waals surface area contributed by atoms with Gasteiger partial charge in [-0.05, 0) is 102 Å². The van der Waals surface area contributed by atoms with Crippen molar-refractivity contribution in [1.82, 2.24) is 0 Å². The van der Waals surface area contributed by atoms with Crippen LogP contribution < -0.4 is 0 Å². The smallest absolute Gasteiger partial charge is 0.117 e. The predicted molar refractivity (Wildman–Crippen MR) is 138 cm³/mol. The second kappa shape index (κ2) is 7.34. The van der Waals surface area contributed by atoms with Gasteiger partial charge in [0.05, 0.1) is 21.7 Å². The molecule has 2 aliphatic carbocycles. The van der Waals surface area contributed by atoms with Crippen molar-refractivity contribution in [2.75, 3.05) is 0 Å². The average Bonchev–Trinajstić information content (AvgIpc) is 3.70. The Morgan fingerprint density at radius 2 is 0.611 bits per heavy atom. The van der Waals surface area contributed by atoms with E-state index in [1.54, 1.807) is 0 Å². The second-order valence-corrected chi connectivity index (χ2v) is 12.5. The molecule has 4 aromatic heterocycles. The van der Waals surface area contributed by atoms with E-state index in [1.165, 1.54) is 25.7 Å². The fraction of sp³-hybridized carbons (Fsp3) is 0.500. The highest BCUT2D eigenvalue weighted by Gasteiger charge is 2.47. The highest BCUT2D eigenvalue weighted by atomic mass is 16.4. The van der Waals surface area contributed by atoms with Gasteiger partial charge in [-0.2, -0.15) is 0 Å². The number of hydrogen-bond donors (Lipinski definition) is 0. The zero-order valence-electron chi connectivity index (χ0n) is 21.9. The Hall–Kier alpha value is -2.88. The fourth-order valence-electron chi connectivity index (χ4n) is 7.15. The normalized spacial score (nSPS) is 23.0. The highest BCUT2D eigenvalue weighted by Crippen LogP contribution is 2.52. The first-order chi connectivity index (χ1) is 17.3. The number of furan rings is 4. The van der Waals surface area contributed by atoms with Gasteiger partial charge in [0.15, 0.2) is 0 Å². The highest BCUT2D eigenvalue weighted by molar-refractivity contribution is 5.40. The Kier molecular flexibility index (Phi) is 4.55. The summed E-state index contributed by atoms with van der Waals surface area (Å²) in [6.45, 7) is 8.79. The van der Waals surface area contributed by atoms with Gasteiger partial charge in [0.25, 0.3) is 0 Å². The maximum Gasteiger partial charge on any atom is 0.117 e. The van der Waals surface area contributed by atoms with E-state index in [2.05, 4.69) is 76.2 Å². The summed E-state index contributed by atoms with van der Waals surface area (Å²) in [5, 5.41) is 0. The van der Waals surface area contributed by atoms with Crippen molar-refractivity contribution in [3.8, 4) is 0 Å². The van der Waals surface area contributed by atoms with Gasteiger partial charge in [0, 0.05) is 0 Å². The number of rotatable bonds is 0. The molecule has 0 saturated heterocycles. The molecule has 2 saturated carbocycles. The molecule has 188 valence electrons. The predicted octanol–water partition coefficient (Wildman–Crippen LogP) is 8.74. The zero-order chi connectivity index (χ0) is 24.8. The largest absolute Gasteiger partial charge is 0.464 e. The van der Waals surface area contributed by atoms with Crippen LogP contribution in [0.25, 0.3) is 0 Å². The van der Waals surface area contributed by atoms with Gasteiger partial charge in [-0.3, -0.25) is 0 Å². The van der Waals surface area contributed by atoms with Crippen LogP contribution in [0.15, 0.2) is 66.2 Å². The molecule has 8 bridgehead atoms. The summed E-state index contributed by atoms with van der Waals surface area (Å²) >= 11 is 0. The molecule has 4 aromatic rings. The van der Waals surface area contributed by atoms with Crippen LogP contribution in [-0.4, -0.2) is 0 Å². The molecule has 36 heavy (non-hydrogen) atoms. The lowest BCUT2D eigenvalue weighted by Crippen LogP contribution is -2.24. The second-order valence-electron chi connectivity index (χ2n) is 12.5. The van der Waals surface area contributed by atoms with E-state index >= 15 is 0 Å². The lowest BCUT2D eigenvalue weighted by Gasteiger charge is -2.28. The van der Waals surface area contributed by atoms with Crippen LogP contribution in [0.1, 0.15) is 125 Å². The Morgan fingerprint density at radius 3 is 0.861 bits per heavy atom. The van der Waals surface area contributed by atoms with Crippen molar-refractivity contribution in [3.05, 3.63) is 94.6 Å². The Morgan fingerprint density at radius 1 is 0.389 bits per heavy atom. The van der Waals surface area contributed by atoms with E-state index in [0.717, 1.165) is 71.8 Å². The molecule has 3 aliphatic rings. The van der Waals surface area contributed by atoms with E-state index in [-0.39, 0.29) is 10.8 Å². The molecule has 4 nitrogen and oxygen atoms in total. The van der Waals surface area contributed by atoms with Crippen molar-refractivity contribution in [2.45, 2.75) is 101 Å². The summed E-state index contributed by atoms with van der Waals surface area (Å²) in [6.07, 6.45) is 8.82. The van der Waals surface area contributed by atoms with Crippen LogP contribution in [0, 0.1) is 0 Å². The summed E-state index contributed by atoms with van der Waals surface area (Å²) < 4.78 is 26.9. The first-order valence-electron chi connectivity index (χ1n) is 13.7. The van der Waals surface area contributed by atoms with E-state index < -0.39 is 10.8 Å². The minimum Gasteiger partial charge on any atom is -0.464 e. The van der Waals surface area contributed by atoms with E-state index in [1.807, 2.05) is 0 Å². The monoisotopic (exact) mass is 484 g/mol. The van der Waals surface area contributed by atoms with Gasteiger partial charge in [-0.1, -0.05) is 25.7 Å². The van der Waals surface area contributed by atoms with Crippen LogP contribution in [0.5, 0.6) is 0 Å². The molecule has 2 fully saturated rings. The molecular formula is C32H36O4. The first-order valence-corrected chi connectivity index (χ1v) is 13.7. The van der Waals surface area contributed by atoms with Gasteiger partial charge in [-0.25, -0.2) is 0 Å². The van der Waals surface area contributed by atoms with Gasteiger partial charge < -0.3 is 17.7 Å². The maximum absolute atomic E-state index is 6.73. The van der Waals surface area contributed by atoms with Crippen LogP contribution >= 0.6 is 0 Å². The van der Waals surface area contributed by atoms with Crippen LogP contribution in [-0.2, 0) is 21.7 Å². The molecular weight excluding hydrogens is 448 g/mol. The maximum atomic E-state index is 6.73. The molecule has 5 heterocycles. The standard InChI is InChI=1S/C32H36O4/c1-29(2)21-9-13-25(33-21)31(17-5-6-18-31)27-15-11-23(35-27)30(3,4)24-12-16-28(36-24)32(19-7-8-20-32)26-14-10-22(29)34-26/h9-16H,5-8,17-20H2,1-4H3. The molecule has 0 unspecified atom stereocenters. The molecule has 0 amide bonds. The minimum atomic E-state index is -0.391. The van der Waals surface area contributed by atoms with Crippen LogP contribution in [0.4, 0.5) is 0 Å². The summed E-state index contributed by atoms with van der Waals surface area (Å²) in [4.78, 5) is 0. The molecule has 7 rings (SSSR count). The summed E-state index contributed by atoms with van der Waals surface area (Å²) in [7, 11) is 0. The molecule has 1 aliphatic heterocycles. The molecule has 4 heteroatoms. The first kappa shape index (κ1) is 22.3. The molecule has 0 aromatic carbocycles. The summed E-state index contributed by atoms with van der Waals surface area (Å²) in [6, 6.07) is 17.3. The lowest BCUT2D eigenvalue weighted by atomic mass is 9.81. The summed E-state index contributed by atoms with van der Waals surface area (Å²) in [5.74, 6) is 7.77. The Labute approximate surface area is 213 Å². The molecule has 0 atom stereocenters. The quantitative estimate of drug-likeness (QED) is 0.250. The number of hydrogen-bond acceptors (Lipinski definition) is 4. The molecule has 0 N–H and O–H groups in total. The summed E-state index contributed by atoms with van der Waals surface area (Å²) in [5.41, 5.74) is -1.23. The average molecular weight is 485 g/mol. The third-order valence-electron chi connectivity index (χ3n) is 9.69. The van der Waals surface area contributed by atoms with E-state index in [0.29, 0.717) is 0 Å². The fourth-order valence-corrected chi connectivity index (χ4v) is 7.15. The van der Waals surface area contributed by atoms with Gasteiger partial charge in [0.1, 0.15) is 46.1 Å². The van der Waals surface area contributed by atoms with Crippen molar-refractivity contribution in [1.29, 1.82) is 0 Å². The topological polar surface area (TPSA) is 52.6 Å².